The van der Waals surface area contributed by atoms with Crippen molar-refractivity contribution in [1.29, 1.82) is 0 Å². The molecule has 2 heterocycles. The molecule has 0 bridgehead atoms. The average molecular weight is 212 g/mol. The van der Waals surface area contributed by atoms with Gasteiger partial charge in [0.15, 0.2) is 0 Å². The molecule has 2 unspecified atom stereocenters. The number of likely N-dealkylation sites (tertiary alicyclic amines) is 1. The molecule has 88 valence electrons. The van der Waals surface area contributed by atoms with Crippen molar-refractivity contribution < 1.29 is 4.74 Å². The Hall–Kier alpha value is -0.120. The van der Waals surface area contributed by atoms with Gasteiger partial charge >= 0.3 is 0 Å². The van der Waals surface area contributed by atoms with Gasteiger partial charge in [-0.3, -0.25) is 4.90 Å². The van der Waals surface area contributed by atoms with Crippen molar-refractivity contribution in [1.82, 2.24) is 4.90 Å². The Bertz CT molecular complexity index is 192. The first-order valence-electron chi connectivity index (χ1n) is 6.36. The lowest BCUT2D eigenvalue weighted by atomic mass is 9.90. The second-order valence-electron chi connectivity index (χ2n) is 4.98. The second kappa shape index (κ2) is 5.28. The summed E-state index contributed by atoms with van der Waals surface area (Å²) in [6.45, 7) is 6.27. The van der Waals surface area contributed by atoms with E-state index in [-0.39, 0.29) is 0 Å². The van der Waals surface area contributed by atoms with Crippen molar-refractivity contribution in [3.63, 3.8) is 0 Å². The maximum Gasteiger partial charge on any atom is 0.0469 e. The normalized spacial score (nSPS) is 32.0. The fourth-order valence-electron chi connectivity index (χ4n) is 3.15. The van der Waals surface area contributed by atoms with E-state index < -0.39 is 0 Å². The van der Waals surface area contributed by atoms with E-state index in [2.05, 4.69) is 11.8 Å². The van der Waals surface area contributed by atoms with Gasteiger partial charge in [-0.25, -0.2) is 0 Å². The van der Waals surface area contributed by atoms with E-state index in [4.69, 9.17) is 10.5 Å². The van der Waals surface area contributed by atoms with E-state index in [9.17, 15) is 0 Å². The quantitative estimate of drug-likeness (QED) is 0.764. The van der Waals surface area contributed by atoms with Gasteiger partial charge in [0.1, 0.15) is 0 Å². The highest BCUT2D eigenvalue weighted by atomic mass is 16.5. The van der Waals surface area contributed by atoms with E-state index in [1.165, 1.54) is 32.2 Å². The third-order valence-corrected chi connectivity index (χ3v) is 4.08. The maximum absolute atomic E-state index is 5.96. The Morgan fingerprint density at radius 2 is 2.07 bits per heavy atom. The predicted octanol–water partition coefficient (Wildman–Crippen LogP) is 1.22. The molecule has 2 atom stereocenters. The van der Waals surface area contributed by atoms with Crippen molar-refractivity contribution in [3.8, 4) is 0 Å². The van der Waals surface area contributed by atoms with Gasteiger partial charge in [0.05, 0.1) is 0 Å². The molecule has 0 aromatic rings. The molecule has 0 aromatic carbocycles. The second-order valence-corrected chi connectivity index (χ2v) is 4.98. The van der Waals surface area contributed by atoms with Crippen LogP contribution in [0.4, 0.5) is 0 Å². The number of rotatable bonds is 3. The largest absolute Gasteiger partial charge is 0.381 e. The van der Waals surface area contributed by atoms with Crippen molar-refractivity contribution in [2.45, 2.75) is 44.7 Å². The van der Waals surface area contributed by atoms with Crippen LogP contribution in [0, 0.1) is 5.92 Å². The third-order valence-electron chi connectivity index (χ3n) is 4.08. The number of hydrogen-bond acceptors (Lipinski definition) is 3. The number of ether oxygens (including phenoxy) is 1. The third kappa shape index (κ3) is 2.52. The van der Waals surface area contributed by atoms with Gasteiger partial charge in [0.25, 0.3) is 0 Å². The zero-order chi connectivity index (χ0) is 10.7. The average Bonchev–Trinajstić information content (AvgIpc) is 2.68. The lowest BCUT2D eigenvalue weighted by Crippen LogP contribution is -2.48. The van der Waals surface area contributed by atoms with Gasteiger partial charge in [-0.15, -0.1) is 0 Å². The number of nitrogens with two attached hydrogens (primary N) is 1. The van der Waals surface area contributed by atoms with Crippen LogP contribution in [-0.4, -0.2) is 43.3 Å². The molecule has 2 rings (SSSR count). The molecule has 2 fully saturated rings. The van der Waals surface area contributed by atoms with Crippen LogP contribution in [0.25, 0.3) is 0 Å². The molecule has 2 aliphatic heterocycles. The summed E-state index contributed by atoms with van der Waals surface area (Å²) < 4.78 is 5.42. The molecular formula is C12H24N2O. The number of hydrogen-bond donors (Lipinski definition) is 1. The van der Waals surface area contributed by atoms with E-state index in [0.717, 1.165) is 31.7 Å². The topological polar surface area (TPSA) is 38.5 Å². The summed E-state index contributed by atoms with van der Waals surface area (Å²) in [6.07, 6.45) is 5.09. The van der Waals surface area contributed by atoms with E-state index in [1.807, 2.05) is 0 Å². The van der Waals surface area contributed by atoms with Crippen molar-refractivity contribution in [2.24, 2.45) is 11.7 Å². The van der Waals surface area contributed by atoms with E-state index in [0.29, 0.717) is 6.04 Å². The molecule has 2 N–H and O–H groups in total. The summed E-state index contributed by atoms with van der Waals surface area (Å²) in [5.74, 6) is 0.768. The summed E-state index contributed by atoms with van der Waals surface area (Å²) in [5, 5.41) is 0. The first-order valence-corrected chi connectivity index (χ1v) is 6.36. The minimum atomic E-state index is 0.603. The zero-order valence-corrected chi connectivity index (χ0v) is 9.82. The molecule has 0 spiro atoms. The SMILES string of the molecule is CC1CCCN1C(CN)C1CCOCC1. The van der Waals surface area contributed by atoms with Crippen LogP contribution in [-0.2, 0) is 4.74 Å². The summed E-state index contributed by atoms with van der Waals surface area (Å²) >= 11 is 0. The van der Waals surface area contributed by atoms with Gasteiger partial charge < -0.3 is 10.5 Å². The van der Waals surface area contributed by atoms with Crippen molar-refractivity contribution in [3.05, 3.63) is 0 Å². The Morgan fingerprint density at radius 3 is 2.60 bits per heavy atom. The molecule has 0 radical (unpaired) electrons. The monoisotopic (exact) mass is 212 g/mol. The first kappa shape index (κ1) is 11.4. The summed E-state index contributed by atoms with van der Waals surface area (Å²) in [5.41, 5.74) is 5.96. The molecule has 15 heavy (non-hydrogen) atoms. The van der Waals surface area contributed by atoms with Gasteiger partial charge in [-0.2, -0.15) is 0 Å². The fourth-order valence-corrected chi connectivity index (χ4v) is 3.15. The minimum Gasteiger partial charge on any atom is -0.381 e. The van der Waals surface area contributed by atoms with Gasteiger partial charge in [0, 0.05) is 31.8 Å². The van der Waals surface area contributed by atoms with Gasteiger partial charge in [-0.1, -0.05) is 0 Å². The molecule has 2 aliphatic rings. The Labute approximate surface area is 93.0 Å². The molecule has 0 aliphatic carbocycles. The molecule has 3 heteroatoms. The van der Waals surface area contributed by atoms with Gasteiger partial charge in [0.2, 0.25) is 0 Å². The zero-order valence-electron chi connectivity index (χ0n) is 9.82. The molecule has 0 aromatic heterocycles. The van der Waals surface area contributed by atoms with E-state index >= 15 is 0 Å². The van der Waals surface area contributed by atoms with Crippen LogP contribution in [0.5, 0.6) is 0 Å². The minimum absolute atomic E-state index is 0.603. The smallest absolute Gasteiger partial charge is 0.0469 e. The van der Waals surface area contributed by atoms with Crippen LogP contribution in [0.15, 0.2) is 0 Å². The maximum atomic E-state index is 5.96. The fraction of sp³-hybridized carbons (Fsp3) is 1.00. The highest BCUT2D eigenvalue weighted by molar-refractivity contribution is 4.87. The Morgan fingerprint density at radius 1 is 1.33 bits per heavy atom. The Balaban J connectivity index is 1.95. The molecule has 0 saturated carbocycles. The first-order chi connectivity index (χ1) is 7.33. The van der Waals surface area contributed by atoms with Crippen LogP contribution in [0.1, 0.15) is 32.6 Å². The van der Waals surface area contributed by atoms with Crippen LogP contribution >= 0.6 is 0 Å². The highest BCUT2D eigenvalue weighted by Gasteiger charge is 2.32. The van der Waals surface area contributed by atoms with Crippen molar-refractivity contribution >= 4 is 0 Å². The summed E-state index contributed by atoms with van der Waals surface area (Å²) in [4.78, 5) is 2.63. The van der Waals surface area contributed by atoms with Crippen LogP contribution in [0.2, 0.25) is 0 Å². The molecular weight excluding hydrogens is 188 g/mol. The summed E-state index contributed by atoms with van der Waals surface area (Å²) in [7, 11) is 0. The number of nitrogens with zero attached hydrogens (tertiary/aromatic N) is 1. The standard InChI is InChI=1S/C12H24N2O/c1-10-3-2-6-14(10)12(9-13)11-4-7-15-8-5-11/h10-12H,2-9,13H2,1H3. The van der Waals surface area contributed by atoms with Crippen LogP contribution < -0.4 is 5.73 Å². The highest BCUT2D eigenvalue weighted by Crippen LogP contribution is 2.28. The lowest BCUT2D eigenvalue weighted by molar-refractivity contribution is 0.0258. The lowest BCUT2D eigenvalue weighted by Gasteiger charge is -2.38. The van der Waals surface area contributed by atoms with Crippen LogP contribution in [0.3, 0.4) is 0 Å². The van der Waals surface area contributed by atoms with E-state index in [1.54, 1.807) is 0 Å². The molecule has 0 amide bonds. The molecule has 3 nitrogen and oxygen atoms in total. The Kier molecular flexibility index (Phi) is 4.00. The van der Waals surface area contributed by atoms with Gasteiger partial charge in [-0.05, 0) is 45.1 Å². The molecule has 2 saturated heterocycles. The predicted molar refractivity (Wildman–Crippen MR) is 61.8 cm³/mol. The van der Waals surface area contributed by atoms with Crippen molar-refractivity contribution in [2.75, 3.05) is 26.3 Å². The summed E-state index contributed by atoms with van der Waals surface area (Å²) in [6, 6.07) is 1.34.